The van der Waals surface area contributed by atoms with E-state index >= 15 is 0 Å². The molecule has 3 rings (SSSR count). The summed E-state index contributed by atoms with van der Waals surface area (Å²) in [5, 5.41) is 18.9. The van der Waals surface area contributed by atoms with Crippen LogP contribution >= 0.6 is 0 Å². The number of carboxylic acids is 1. The number of nitrogens with one attached hydrogen (secondary N) is 3. The average molecular weight is 482 g/mol. The number of carbonyl (C=O) groups excluding carboxylic acids is 1. The van der Waals surface area contributed by atoms with Gasteiger partial charge in [0, 0.05) is 12.0 Å². The van der Waals surface area contributed by atoms with Gasteiger partial charge in [0.1, 0.15) is 18.4 Å². The highest BCUT2D eigenvalue weighted by Crippen LogP contribution is 2.36. The van der Waals surface area contributed by atoms with E-state index < -0.39 is 11.6 Å². The molecule has 2 aliphatic heterocycles. The summed E-state index contributed by atoms with van der Waals surface area (Å²) in [6.07, 6.45) is 7.41. The van der Waals surface area contributed by atoms with E-state index in [2.05, 4.69) is 29.0 Å². The molecule has 4 N–H and O–H groups in total. The number of carbonyl (C=O) groups is 2. The summed E-state index contributed by atoms with van der Waals surface area (Å²) in [6, 6.07) is 0.0441. The normalized spacial score (nSPS) is 32.5. The highest BCUT2D eigenvalue weighted by atomic mass is 16.6. The highest BCUT2D eigenvalue weighted by Gasteiger charge is 2.36. The Morgan fingerprint density at radius 1 is 1.15 bits per heavy atom. The summed E-state index contributed by atoms with van der Waals surface area (Å²) in [5.74, 6) is -0.313. The second-order valence-electron chi connectivity index (χ2n) is 10.8. The van der Waals surface area contributed by atoms with Gasteiger partial charge in [0.15, 0.2) is 0 Å². The third kappa shape index (κ3) is 8.22. The maximum Gasteiger partial charge on any atom is 0.407 e. The molecule has 0 aromatic heterocycles. The number of aliphatic carboxylic acids is 1. The predicted octanol–water partition coefficient (Wildman–Crippen LogP) is 2.80. The molecule has 3 aliphatic rings. The Morgan fingerprint density at radius 2 is 1.94 bits per heavy atom. The maximum absolute atomic E-state index is 12.2. The van der Waals surface area contributed by atoms with Gasteiger partial charge < -0.3 is 30.0 Å². The molecule has 6 atom stereocenters. The second kappa shape index (κ2) is 12.3. The molecule has 0 bridgehead atoms. The summed E-state index contributed by atoms with van der Waals surface area (Å²) in [4.78, 5) is 23.2. The maximum atomic E-state index is 12.2. The molecule has 1 aliphatic carbocycles. The lowest BCUT2D eigenvalue weighted by Gasteiger charge is -2.40. The van der Waals surface area contributed by atoms with Crippen molar-refractivity contribution in [3.63, 3.8) is 0 Å². The molecule has 1 amide bonds. The summed E-state index contributed by atoms with van der Waals surface area (Å²) < 4.78 is 17.4. The number of piperidine rings is 2. The van der Waals surface area contributed by atoms with E-state index in [0.29, 0.717) is 12.5 Å². The van der Waals surface area contributed by atoms with E-state index in [-0.39, 0.29) is 43.0 Å². The van der Waals surface area contributed by atoms with Crippen LogP contribution in [0, 0.1) is 11.8 Å². The molecule has 0 saturated carbocycles. The predicted molar refractivity (Wildman–Crippen MR) is 129 cm³/mol. The quantitative estimate of drug-likeness (QED) is 0.391. The first-order valence-corrected chi connectivity index (χ1v) is 12.7. The molecule has 0 spiro atoms. The van der Waals surface area contributed by atoms with Gasteiger partial charge in [-0.3, -0.25) is 5.32 Å². The Balaban J connectivity index is 1.50. The minimum absolute atomic E-state index is 0.0143. The van der Waals surface area contributed by atoms with Crippen LogP contribution in [0.2, 0.25) is 0 Å². The number of rotatable bonds is 8. The number of ether oxygens (including phenoxy) is 3. The Hall–Kier alpha value is -1.68. The zero-order valence-corrected chi connectivity index (χ0v) is 21.1. The molecule has 4 unspecified atom stereocenters. The van der Waals surface area contributed by atoms with Gasteiger partial charge in [0.25, 0.3) is 0 Å². The molecule has 2 fully saturated rings. The van der Waals surface area contributed by atoms with Crippen LogP contribution in [-0.4, -0.2) is 73.5 Å². The monoisotopic (exact) mass is 481 g/mol. The van der Waals surface area contributed by atoms with Crippen LogP contribution in [0.3, 0.4) is 0 Å². The molecule has 9 heteroatoms. The number of amides is 1. The summed E-state index contributed by atoms with van der Waals surface area (Å²) in [7, 11) is 0. The largest absolute Gasteiger partial charge is 0.480 e. The highest BCUT2D eigenvalue weighted by molar-refractivity contribution is 5.68. The van der Waals surface area contributed by atoms with Crippen LogP contribution in [0.1, 0.15) is 66.2 Å². The average Bonchev–Trinajstić information content (AvgIpc) is 2.76. The van der Waals surface area contributed by atoms with Crippen LogP contribution in [0.5, 0.6) is 0 Å². The Kier molecular flexibility index (Phi) is 9.76. The Labute approximate surface area is 203 Å². The Morgan fingerprint density at radius 3 is 2.62 bits per heavy atom. The van der Waals surface area contributed by atoms with E-state index in [0.717, 1.165) is 51.6 Å². The lowest BCUT2D eigenvalue weighted by Crippen LogP contribution is -2.56. The molecule has 2 heterocycles. The summed E-state index contributed by atoms with van der Waals surface area (Å²) >= 11 is 0. The van der Waals surface area contributed by atoms with Crippen molar-refractivity contribution in [1.82, 2.24) is 16.0 Å². The molecule has 34 heavy (non-hydrogen) atoms. The van der Waals surface area contributed by atoms with Crippen LogP contribution in [-0.2, 0) is 19.0 Å². The number of carboxylic acid groups (broad SMARTS) is 1. The third-order valence-electron chi connectivity index (χ3n) is 6.89. The second-order valence-corrected chi connectivity index (χ2v) is 10.8. The first kappa shape index (κ1) is 26.9. The van der Waals surface area contributed by atoms with Gasteiger partial charge in [-0.1, -0.05) is 18.6 Å². The van der Waals surface area contributed by atoms with Gasteiger partial charge in [-0.2, -0.15) is 0 Å². The van der Waals surface area contributed by atoms with E-state index in [1.165, 1.54) is 5.57 Å². The van der Waals surface area contributed by atoms with Crippen LogP contribution in [0.25, 0.3) is 0 Å². The first-order valence-electron chi connectivity index (χ1n) is 12.7. The first-order chi connectivity index (χ1) is 16.1. The summed E-state index contributed by atoms with van der Waals surface area (Å²) in [6.45, 7) is 9.82. The van der Waals surface area contributed by atoms with Crippen molar-refractivity contribution in [2.75, 3.05) is 26.3 Å². The summed E-state index contributed by atoms with van der Waals surface area (Å²) in [5.41, 5.74) is 0.822. The molecule has 194 valence electrons. The van der Waals surface area contributed by atoms with Crippen molar-refractivity contribution in [3.8, 4) is 0 Å². The fourth-order valence-corrected chi connectivity index (χ4v) is 5.23. The lowest BCUT2D eigenvalue weighted by molar-refractivity contribution is -0.147. The molecule has 0 aromatic rings. The van der Waals surface area contributed by atoms with Crippen molar-refractivity contribution in [2.45, 2.75) is 96.2 Å². The molecule has 9 nitrogen and oxygen atoms in total. The van der Waals surface area contributed by atoms with Crippen molar-refractivity contribution in [3.05, 3.63) is 11.6 Å². The molecule has 2 saturated heterocycles. The van der Waals surface area contributed by atoms with Crippen molar-refractivity contribution >= 4 is 12.1 Å². The topological polar surface area (TPSA) is 118 Å². The van der Waals surface area contributed by atoms with E-state index in [4.69, 9.17) is 19.3 Å². The van der Waals surface area contributed by atoms with Crippen molar-refractivity contribution in [2.24, 2.45) is 11.8 Å². The Bertz CT molecular complexity index is 722. The molecule has 0 aromatic carbocycles. The van der Waals surface area contributed by atoms with Gasteiger partial charge in [-0.15, -0.1) is 0 Å². The van der Waals surface area contributed by atoms with Crippen LogP contribution in [0.15, 0.2) is 11.6 Å². The van der Waals surface area contributed by atoms with Gasteiger partial charge >= 0.3 is 12.1 Å². The number of hydrogen-bond donors (Lipinski definition) is 4. The van der Waals surface area contributed by atoms with Gasteiger partial charge in [-0.05, 0) is 78.3 Å². The van der Waals surface area contributed by atoms with E-state index in [9.17, 15) is 9.59 Å². The van der Waals surface area contributed by atoms with E-state index in [1.807, 2.05) is 20.8 Å². The fraction of sp³-hybridized carbons (Fsp3) is 0.840. The smallest absolute Gasteiger partial charge is 0.407 e. The zero-order valence-electron chi connectivity index (χ0n) is 21.1. The zero-order chi connectivity index (χ0) is 24.7. The van der Waals surface area contributed by atoms with Crippen molar-refractivity contribution in [1.29, 1.82) is 0 Å². The minimum atomic E-state index is -0.944. The van der Waals surface area contributed by atoms with Gasteiger partial charge in [-0.25, -0.2) is 9.59 Å². The van der Waals surface area contributed by atoms with Crippen molar-refractivity contribution < 1.29 is 28.9 Å². The van der Waals surface area contributed by atoms with Crippen LogP contribution < -0.4 is 16.0 Å². The van der Waals surface area contributed by atoms with Gasteiger partial charge in [0.2, 0.25) is 0 Å². The lowest BCUT2D eigenvalue weighted by atomic mass is 9.77. The third-order valence-corrected chi connectivity index (χ3v) is 6.89. The van der Waals surface area contributed by atoms with Crippen LogP contribution in [0.4, 0.5) is 4.79 Å². The molecular weight excluding hydrogens is 438 g/mol. The fourth-order valence-electron chi connectivity index (χ4n) is 5.23. The SMILES string of the molecule is CC1CCNC(OCC(=O)O)C1C1=CCC(OC[C@@H]2NCCC[C@@H]2NC(=O)OC(C)(C)C)CC1. The molecular formula is C25H43N3O6. The molecule has 0 radical (unpaired) electrons. The number of hydrogen-bond acceptors (Lipinski definition) is 7. The minimum Gasteiger partial charge on any atom is -0.480 e. The standard InChI is InChI=1S/C25H43N3O6/c1-16-11-13-27-23(33-15-21(29)30)22(16)17-7-9-18(10-8-17)32-14-20-19(6-5-12-26-20)28-24(31)34-25(2,3)4/h7,16,18-20,22-23,26-27H,5-6,8-15H2,1-4H3,(H,28,31)(H,29,30)/t16?,18?,19-,20-,22?,23?/m0/s1. The van der Waals surface area contributed by atoms with Gasteiger partial charge in [0.05, 0.1) is 18.8 Å². The van der Waals surface area contributed by atoms with E-state index in [1.54, 1.807) is 0 Å². The number of alkyl carbamates (subject to hydrolysis) is 1.